The van der Waals surface area contributed by atoms with Crippen LogP contribution in [0, 0.1) is 0 Å². The van der Waals surface area contributed by atoms with Crippen molar-refractivity contribution < 1.29 is 4.79 Å². The molecule has 0 bridgehead atoms. The number of amides is 1. The third-order valence-corrected chi connectivity index (χ3v) is 4.18. The third-order valence-electron chi connectivity index (χ3n) is 4.18. The van der Waals surface area contributed by atoms with Crippen molar-refractivity contribution in [3.05, 3.63) is 66.1 Å². The number of aryl methyl sites for hydroxylation is 1. The third kappa shape index (κ3) is 3.21. The number of rotatable bonds is 3. The average Bonchev–Trinajstić information content (AvgIpc) is 2.69. The van der Waals surface area contributed by atoms with Crippen LogP contribution in [0.15, 0.2) is 49.2 Å². The molecule has 3 aromatic heterocycles. The molecule has 4 rings (SSSR count). The monoisotopic (exact) mass is 332 g/mol. The van der Waals surface area contributed by atoms with Crippen LogP contribution in [0.4, 0.5) is 0 Å². The molecular weight excluding hydrogens is 316 g/mol. The zero-order valence-corrected chi connectivity index (χ0v) is 13.5. The number of fused-ring (bicyclic) bond motifs is 1. The van der Waals surface area contributed by atoms with Gasteiger partial charge in [0.15, 0.2) is 5.82 Å². The van der Waals surface area contributed by atoms with E-state index in [9.17, 15) is 4.79 Å². The van der Waals surface area contributed by atoms with E-state index in [1.54, 1.807) is 18.6 Å². The Kier molecular flexibility index (Phi) is 4.12. The molecule has 1 N–H and O–H groups in total. The van der Waals surface area contributed by atoms with Crippen LogP contribution in [0.25, 0.3) is 11.5 Å². The summed E-state index contributed by atoms with van der Waals surface area (Å²) >= 11 is 0. The highest BCUT2D eigenvalue weighted by Crippen LogP contribution is 2.29. The molecule has 0 saturated heterocycles. The fourth-order valence-electron chi connectivity index (χ4n) is 2.96. The lowest BCUT2D eigenvalue weighted by Crippen LogP contribution is -2.32. The van der Waals surface area contributed by atoms with E-state index in [-0.39, 0.29) is 11.9 Å². The van der Waals surface area contributed by atoms with Gasteiger partial charge in [0.05, 0.1) is 12.2 Å². The van der Waals surface area contributed by atoms with E-state index in [0.29, 0.717) is 11.5 Å². The molecule has 7 heteroatoms. The molecule has 0 saturated carbocycles. The van der Waals surface area contributed by atoms with Crippen LogP contribution in [0.2, 0.25) is 0 Å². The molecule has 124 valence electrons. The molecule has 0 radical (unpaired) electrons. The quantitative estimate of drug-likeness (QED) is 0.790. The van der Waals surface area contributed by atoms with Crippen molar-refractivity contribution in [3.8, 4) is 11.5 Å². The van der Waals surface area contributed by atoms with Crippen molar-refractivity contribution >= 4 is 5.91 Å². The first-order chi connectivity index (χ1) is 12.3. The minimum atomic E-state index is -0.236. The molecule has 0 spiro atoms. The van der Waals surface area contributed by atoms with Gasteiger partial charge in [-0.05, 0) is 31.4 Å². The standard InChI is InChI=1S/C18H16N6O/c25-18(16-11-19-8-9-21-16)24-14-6-3-5-13-12(14)10-22-17(23-13)15-4-1-2-7-20-15/h1-2,4,7-11,14H,3,5-6H2,(H,24,25)/t14-/m0/s1. The molecule has 3 heterocycles. The minimum Gasteiger partial charge on any atom is -0.344 e. The van der Waals surface area contributed by atoms with Crippen LogP contribution < -0.4 is 5.32 Å². The summed E-state index contributed by atoms with van der Waals surface area (Å²) in [4.78, 5) is 33.7. The van der Waals surface area contributed by atoms with E-state index >= 15 is 0 Å². The molecule has 1 atom stereocenters. The number of carbonyl (C=O) groups is 1. The number of pyridine rings is 1. The second-order valence-electron chi connectivity index (χ2n) is 5.82. The van der Waals surface area contributed by atoms with Crippen LogP contribution in [0.5, 0.6) is 0 Å². The smallest absolute Gasteiger partial charge is 0.271 e. The zero-order chi connectivity index (χ0) is 17.1. The van der Waals surface area contributed by atoms with Gasteiger partial charge in [0.1, 0.15) is 11.4 Å². The molecule has 0 fully saturated rings. The van der Waals surface area contributed by atoms with Gasteiger partial charge in [-0.25, -0.2) is 15.0 Å². The van der Waals surface area contributed by atoms with E-state index in [2.05, 4.69) is 30.2 Å². The topological polar surface area (TPSA) is 93.6 Å². The van der Waals surface area contributed by atoms with E-state index in [4.69, 9.17) is 0 Å². The summed E-state index contributed by atoms with van der Waals surface area (Å²) in [5.74, 6) is 0.375. The summed E-state index contributed by atoms with van der Waals surface area (Å²) < 4.78 is 0. The minimum absolute atomic E-state index is 0.115. The summed E-state index contributed by atoms with van der Waals surface area (Å²) in [6.07, 6.45) is 10.7. The van der Waals surface area contributed by atoms with Crippen molar-refractivity contribution in [2.75, 3.05) is 0 Å². The molecule has 7 nitrogen and oxygen atoms in total. The Balaban J connectivity index is 1.59. The fourth-order valence-corrected chi connectivity index (χ4v) is 2.96. The van der Waals surface area contributed by atoms with E-state index in [1.165, 1.54) is 12.4 Å². The molecule has 3 aromatic rings. The van der Waals surface area contributed by atoms with Crippen molar-refractivity contribution in [1.82, 2.24) is 30.2 Å². The normalized spacial score (nSPS) is 16.1. The fraction of sp³-hybridized carbons (Fsp3) is 0.222. The Morgan fingerprint density at radius 2 is 2.04 bits per heavy atom. The number of aromatic nitrogens is 5. The Morgan fingerprint density at radius 3 is 2.84 bits per heavy atom. The molecule has 0 aliphatic heterocycles. The van der Waals surface area contributed by atoms with Crippen LogP contribution in [-0.4, -0.2) is 30.8 Å². The highest BCUT2D eigenvalue weighted by Gasteiger charge is 2.25. The summed E-state index contributed by atoms with van der Waals surface area (Å²) in [5, 5.41) is 3.01. The molecule has 1 amide bonds. The number of nitrogens with zero attached hydrogens (tertiary/aromatic N) is 5. The van der Waals surface area contributed by atoms with Gasteiger partial charge < -0.3 is 5.32 Å². The van der Waals surface area contributed by atoms with Crippen molar-refractivity contribution in [1.29, 1.82) is 0 Å². The maximum Gasteiger partial charge on any atom is 0.271 e. The predicted molar refractivity (Wildman–Crippen MR) is 90.4 cm³/mol. The van der Waals surface area contributed by atoms with Crippen LogP contribution >= 0.6 is 0 Å². The maximum absolute atomic E-state index is 12.3. The Labute approximate surface area is 144 Å². The molecular formula is C18H16N6O. The van der Waals surface area contributed by atoms with Gasteiger partial charge in [0.2, 0.25) is 0 Å². The number of hydrogen-bond donors (Lipinski definition) is 1. The predicted octanol–water partition coefficient (Wildman–Crippen LogP) is 2.14. The maximum atomic E-state index is 12.3. The second-order valence-corrected chi connectivity index (χ2v) is 5.82. The Bertz CT molecular complexity index is 885. The summed E-state index contributed by atoms with van der Waals surface area (Å²) in [6, 6.07) is 5.54. The van der Waals surface area contributed by atoms with E-state index < -0.39 is 0 Å². The number of carbonyl (C=O) groups excluding carboxylic acids is 1. The Morgan fingerprint density at radius 1 is 1.08 bits per heavy atom. The lowest BCUT2D eigenvalue weighted by Gasteiger charge is -2.25. The molecule has 25 heavy (non-hydrogen) atoms. The molecule has 0 aromatic carbocycles. The number of hydrogen-bond acceptors (Lipinski definition) is 6. The summed E-state index contributed by atoms with van der Waals surface area (Å²) in [6.45, 7) is 0. The van der Waals surface area contributed by atoms with Crippen molar-refractivity contribution in [3.63, 3.8) is 0 Å². The molecule has 1 aliphatic carbocycles. The van der Waals surface area contributed by atoms with Crippen LogP contribution in [0.3, 0.4) is 0 Å². The highest BCUT2D eigenvalue weighted by atomic mass is 16.1. The van der Waals surface area contributed by atoms with Gasteiger partial charge in [-0.1, -0.05) is 6.07 Å². The van der Waals surface area contributed by atoms with Gasteiger partial charge in [-0.15, -0.1) is 0 Å². The van der Waals surface area contributed by atoms with Gasteiger partial charge in [-0.3, -0.25) is 14.8 Å². The van der Waals surface area contributed by atoms with Crippen LogP contribution in [-0.2, 0) is 6.42 Å². The van der Waals surface area contributed by atoms with E-state index in [0.717, 1.165) is 36.2 Å². The number of nitrogens with one attached hydrogen (secondary N) is 1. The van der Waals surface area contributed by atoms with E-state index in [1.807, 2.05) is 18.2 Å². The summed E-state index contributed by atoms with van der Waals surface area (Å²) in [7, 11) is 0. The van der Waals surface area contributed by atoms with Crippen molar-refractivity contribution in [2.45, 2.75) is 25.3 Å². The van der Waals surface area contributed by atoms with Crippen molar-refractivity contribution in [2.24, 2.45) is 0 Å². The lowest BCUT2D eigenvalue weighted by atomic mass is 9.92. The Hall–Kier alpha value is -3.22. The molecule has 1 aliphatic rings. The first-order valence-corrected chi connectivity index (χ1v) is 8.15. The van der Waals surface area contributed by atoms with Gasteiger partial charge in [0.25, 0.3) is 5.91 Å². The van der Waals surface area contributed by atoms with Gasteiger partial charge >= 0.3 is 0 Å². The van der Waals surface area contributed by atoms with Gasteiger partial charge in [0, 0.05) is 36.0 Å². The lowest BCUT2D eigenvalue weighted by molar-refractivity contribution is 0.0927. The second kappa shape index (κ2) is 6.72. The summed E-state index contributed by atoms with van der Waals surface area (Å²) in [5.41, 5.74) is 2.98. The van der Waals surface area contributed by atoms with Gasteiger partial charge in [-0.2, -0.15) is 0 Å². The zero-order valence-electron chi connectivity index (χ0n) is 13.5. The highest BCUT2D eigenvalue weighted by molar-refractivity contribution is 5.92. The average molecular weight is 332 g/mol. The first-order valence-electron chi connectivity index (χ1n) is 8.15. The first kappa shape index (κ1) is 15.3. The largest absolute Gasteiger partial charge is 0.344 e. The molecule has 0 unspecified atom stereocenters. The SMILES string of the molecule is O=C(N[C@H]1CCCc2nc(-c3ccccn3)ncc21)c1cnccn1. The van der Waals surface area contributed by atoms with Crippen LogP contribution in [0.1, 0.15) is 40.6 Å².